The maximum atomic E-state index is 12.6. The molecule has 4 aromatic rings. The van der Waals surface area contributed by atoms with Crippen molar-refractivity contribution in [1.82, 2.24) is 19.1 Å². The minimum absolute atomic E-state index is 0.176. The summed E-state index contributed by atoms with van der Waals surface area (Å²) in [4.78, 5) is 31.5. The molecule has 8 nitrogen and oxygen atoms in total. The minimum atomic E-state index is -4.79. The predicted octanol–water partition coefficient (Wildman–Crippen LogP) is 4.04. The standard InChI is InChI=1S/C23H20ClF3N4O4/c1-30-20-19(21(32)29-22(30)33)31(13-14-7-9-15(24)10-8-14)18(28-20)6-3-11-34-16-4-2-5-17(12-16)35-23(25,26)27/h2,4-5,7-10,12H,3,6,11,13H2,1H3,(H,29,32,33). The van der Waals surface area contributed by atoms with Gasteiger partial charge in [0, 0.05) is 31.1 Å². The summed E-state index contributed by atoms with van der Waals surface area (Å²) in [6, 6.07) is 12.4. The van der Waals surface area contributed by atoms with Gasteiger partial charge in [0.15, 0.2) is 11.2 Å². The van der Waals surface area contributed by atoms with E-state index in [2.05, 4.69) is 14.7 Å². The van der Waals surface area contributed by atoms with Gasteiger partial charge in [-0.15, -0.1) is 13.2 Å². The molecule has 0 amide bonds. The highest BCUT2D eigenvalue weighted by Crippen LogP contribution is 2.26. The molecule has 1 N–H and O–H groups in total. The van der Waals surface area contributed by atoms with Crippen molar-refractivity contribution < 1.29 is 22.6 Å². The molecule has 35 heavy (non-hydrogen) atoms. The van der Waals surface area contributed by atoms with Crippen molar-refractivity contribution >= 4 is 22.8 Å². The minimum Gasteiger partial charge on any atom is -0.493 e. The van der Waals surface area contributed by atoms with E-state index in [0.717, 1.165) is 11.6 Å². The Bertz CT molecular complexity index is 1460. The highest BCUT2D eigenvalue weighted by molar-refractivity contribution is 6.30. The second-order valence-corrected chi connectivity index (χ2v) is 8.14. The van der Waals surface area contributed by atoms with E-state index in [1.165, 1.54) is 29.8 Å². The number of nitrogens with zero attached hydrogens (tertiary/aromatic N) is 3. The molecule has 0 radical (unpaired) electrons. The summed E-state index contributed by atoms with van der Waals surface area (Å²) >= 11 is 5.97. The zero-order valence-corrected chi connectivity index (χ0v) is 19.2. The van der Waals surface area contributed by atoms with Gasteiger partial charge in [-0.05, 0) is 36.2 Å². The van der Waals surface area contributed by atoms with E-state index in [-0.39, 0.29) is 29.3 Å². The second-order valence-electron chi connectivity index (χ2n) is 7.71. The number of benzene rings is 2. The molecule has 0 spiro atoms. The molecule has 2 heterocycles. The fourth-order valence-corrected chi connectivity index (χ4v) is 3.72. The van der Waals surface area contributed by atoms with Crippen molar-refractivity contribution in [2.75, 3.05) is 6.61 Å². The van der Waals surface area contributed by atoms with Gasteiger partial charge in [-0.25, -0.2) is 9.78 Å². The van der Waals surface area contributed by atoms with Crippen LogP contribution in [0.4, 0.5) is 13.2 Å². The van der Waals surface area contributed by atoms with Gasteiger partial charge in [-0.1, -0.05) is 29.8 Å². The molecule has 0 bridgehead atoms. The normalized spacial score (nSPS) is 11.7. The third-order valence-corrected chi connectivity index (χ3v) is 5.44. The molecule has 0 saturated carbocycles. The van der Waals surface area contributed by atoms with E-state index >= 15 is 0 Å². The molecular weight excluding hydrogens is 489 g/mol. The number of rotatable bonds is 8. The maximum Gasteiger partial charge on any atom is 0.573 e. The van der Waals surface area contributed by atoms with E-state index in [4.69, 9.17) is 16.3 Å². The summed E-state index contributed by atoms with van der Waals surface area (Å²) in [7, 11) is 1.52. The molecule has 0 aliphatic heterocycles. The SMILES string of the molecule is Cn1c(=O)[nH]c(=O)c2c1nc(CCCOc1cccc(OC(F)(F)F)c1)n2Cc1ccc(Cl)cc1. The van der Waals surface area contributed by atoms with Crippen LogP contribution in [-0.2, 0) is 20.0 Å². The molecule has 12 heteroatoms. The Balaban J connectivity index is 1.54. The van der Waals surface area contributed by atoms with Gasteiger partial charge in [0.1, 0.15) is 17.3 Å². The number of aryl methyl sites for hydroxylation is 2. The molecule has 4 rings (SSSR count). The lowest BCUT2D eigenvalue weighted by atomic mass is 10.2. The van der Waals surface area contributed by atoms with Gasteiger partial charge in [-0.3, -0.25) is 14.3 Å². The zero-order chi connectivity index (χ0) is 25.2. The topological polar surface area (TPSA) is 91.1 Å². The Morgan fingerprint density at radius 2 is 1.80 bits per heavy atom. The largest absolute Gasteiger partial charge is 0.573 e. The highest BCUT2D eigenvalue weighted by atomic mass is 35.5. The first kappa shape index (κ1) is 24.4. The molecule has 0 unspecified atom stereocenters. The maximum absolute atomic E-state index is 12.6. The Hall–Kier alpha value is -3.73. The Labute approximate surface area is 201 Å². The van der Waals surface area contributed by atoms with Crippen LogP contribution in [0.25, 0.3) is 11.2 Å². The molecule has 0 aliphatic carbocycles. The first-order valence-electron chi connectivity index (χ1n) is 10.5. The third-order valence-electron chi connectivity index (χ3n) is 5.19. The van der Waals surface area contributed by atoms with Crippen LogP contribution in [0.5, 0.6) is 11.5 Å². The summed E-state index contributed by atoms with van der Waals surface area (Å²) in [6.07, 6.45) is -3.96. The number of aromatic nitrogens is 4. The van der Waals surface area contributed by atoms with Crippen molar-refractivity contribution in [3.63, 3.8) is 0 Å². The van der Waals surface area contributed by atoms with Crippen molar-refractivity contribution in [2.24, 2.45) is 7.05 Å². The van der Waals surface area contributed by atoms with Crippen LogP contribution >= 0.6 is 11.6 Å². The predicted molar refractivity (Wildman–Crippen MR) is 123 cm³/mol. The van der Waals surface area contributed by atoms with E-state index in [1.807, 2.05) is 12.1 Å². The number of aromatic amines is 1. The van der Waals surface area contributed by atoms with Crippen molar-refractivity contribution in [3.8, 4) is 11.5 Å². The van der Waals surface area contributed by atoms with Gasteiger partial charge >= 0.3 is 12.1 Å². The van der Waals surface area contributed by atoms with Gasteiger partial charge in [0.05, 0.1) is 6.61 Å². The second kappa shape index (κ2) is 9.87. The summed E-state index contributed by atoms with van der Waals surface area (Å²) in [6.45, 7) is 0.497. The number of hydrogen-bond acceptors (Lipinski definition) is 5. The van der Waals surface area contributed by atoms with Gasteiger partial charge in [0.25, 0.3) is 5.56 Å². The van der Waals surface area contributed by atoms with Crippen LogP contribution in [0, 0.1) is 0 Å². The summed E-state index contributed by atoms with van der Waals surface area (Å²) in [5.74, 6) is 0.402. The molecule has 0 aliphatic rings. The number of ether oxygens (including phenoxy) is 2. The number of alkyl halides is 3. The lowest BCUT2D eigenvalue weighted by Gasteiger charge is -2.11. The molecule has 0 atom stereocenters. The Morgan fingerprint density at radius 3 is 2.51 bits per heavy atom. The van der Waals surface area contributed by atoms with Gasteiger partial charge in [0.2, 0.25) is 0 Å². The molecule has 2 aromatic carbocycles. The van der Waals surface area contributed by atoms with Crippen molar-refractivity contribution in [3.05, 3.63) is 85.8 Å². The van der Waals surface area contributed by atoms with E-state index in [0.29, 0.717) is 30.2 Å². The van der Waals surface area contributed by atoms with Crippen LogP contribution in [0.15, 0.2) is 58.1 Å². The summed E-state index contributed by atoms with van der Waals surface area (Å²) in [5.41, 5.74) is 0.263. The molecule has 0 fully saturated rings. The lowest BCUT2D eigenvalue weighted by molar-refractivity contribution is -0.274. The van der Waals surface area contributed by atoms with Crippen LogP contribution in [-0.4, -0.2) is 32.1 Å². The summed E-state index contributed by atoms with van der Waals surface area (Å²) in [5, 5.41) is 0.576. The van der Waals surface area contributed by atoms with Crippen LogP contribution < -0.4 is 20.7 Å². The number of nitrogens with one attached hydrogen (secondary N) is 1. The van der Waals surface area contributed by atoms with Crippen LogP contribution in [0.2, 0.25) is 5.02 Å². The number of fused-ring (bicyclic) bond motifs is 1. The number of H-pyrrole nitrogens is 1. The first-order chi connectivity index (χ1) is 16.6. The van der Waals surface area contributed by atoms with E-state index in [1.54, 1.807) is 16.7 Å². The van der Waals surface area contributed by atoms with Gasteiger partial charge in [-0.2, -0.15) is 0 Å². The fourth-order valence-electron chi connectivity index (χ4n) is 3.59. The molecular formula is C23H20ClF3N4O4. The smallest absolute Gasteiger partial charge is 0.493 e. The van der Waals surface area contributed by atoms with Crippen LogP contribution in [0.3, 0.4) is 0 Å². The quantitative estimate of drug-likeness (QED) is 0.363. The fraction of sp³-hybridized carbons (Fsp3) is 0.261. The molecule has 0 saturated heterocycles. The zero-order valence-electron chi connectivity index (χ0n) is 18.4. The third kappa shape index (κ3) is 5.86. The number of halogens is 4. The Morgan fingerprint density at radius 1 is 1.09 bits per heavy atom. The lowest BCUT2D eigenvalue weighted by Crippen LogP contribution is -2.29. The van der Waals surface area contributed by atoms with Crippen LogP contribution in [0.1, 0.15) is 17.8 Å². The average Bonchev–Trinajstić information content (AvgIpc) is 3.14. The number of hydrogen-bond donors (Lipinski definition) is 1. The molecule has 184 valence electrons. The highest BCUT2D eigenvalue weighted by Gasteiger charge is 2.31. The Kier molecular flexibility index (Phi) is 6.88. The van der Waals surface area contributed by atoms with E-state index < -0.39 is 17.6 Å². The monoisotopic (exact) mass is 508 g/mol. The van der Waals surface area contributed by atoms with Crippen molar-refractivity contribution in [1.29, 1.82) is 0 Å². The number of imidazole rings is 1. The van der Waals surface area contributed by atoms with Gasteiger partial charge < -0.3 is 14.0 Å². The average molecular weight is 509 g/mol. The summed E-state index contributed by atoms with van der Waals surface area (Å²) < 4.78 is 49.7. The van der Waals surface area contributed by atoms with Crippen molar-refractivity contribution in [2.45, 2.75) is 25.7 Å². The first-order valence-corrected chi connectivity index (χ1v) is 10.9. The molecule has 2 aromatic heterocycles. The van der Waals surface area contributed by atoms with E-state index in [9.17, 15) is 22.8 Å².